The molecular formula is C15H17NO10. The van der Waals surface area contributed by atoms with Crippen molar-refractivity contribution in [1.29, 1.82) is 0 Å². The third kappa shape index (κ3) is 2.49. The van der Waals surface area contributed by atoms with Gasteiger partial charge in [0.05, 0.1) is 4.92 Å². The van der Waals surface area contributed by atoms with E-state index in [0.717, 1.165) is 14.2 Å². The lowest BCUT2D eigenvalue weighted by Gasteiger charge is -2.42. The summed E-state index contributed by atoms with van der Waals surface area (Å²) >= 11 is 0. The molecule has 0 saturated heterocycles. The number of carbonyl (C=O) groups excluding carboxylic acids is 1. The predicted molar refractivity (Wildman–Crippen MR) is 82.2 cm³/mol. The number of hydrogen-bond acceptors (Lipinski definition) is 10. The first-order valence-corrected chi connectivity index (χ1v) is 7.19. The van der Waals surface area contributed by atoms with Crippen molar-refractivity contribution in [2.45, 2.75) is 23.7 Å². The monoisotopic (exact) mass is 371 g/mol. The molecule has 1 aliphatic heterocycles. The van der Waals surface area contributed by atoms with Crippen LogP contribution in [-0.4, -0.2) is 62.8 Å². The van der Waals surface area contributed by atoms with Crippen LogP contribution in [0.1, 0.15) is 5.56 Å². The van der Waals surface area contributed by atoms with Crippen molar-refractivity contribution in [2.75, 3.05) is 14.2 Å². The summed E-state index contributed by atoms with van der Waals surface area (Å²) in [6.45, 7) is 0. The number of aliphatic hydroxyl groups is 4. The number of aliphatic hydroxyl groups excluding tert-OH is 2. The quantitative estimate of drug-likeness (QED) is 0.217. The highest BCUT2D eigenvalue weighted by Crippen LogP contribution is 2.47. The predicted octanol–water partition coefficient (Wildman–Crippen LogP) is -0.243. The van der Waals surface area contributed by atoms with Crippen LogP contribution in [0.3, 0.4) is 0 Å². The molecule has 11 heteroatoms. The van der Waals surface area contributed by atoms with E-state index in [1.54, 1.807) is 18.2 Å². The molecule has 26 heavy (non-hydrogen) atoms. The Morgan fingerprint density at radius 2 is 1.73 bits per heavy atom. The molecule has 0 fully saturated rings. The zero-order valence-electron chi connectivity index (χ0n) is 13.8. The Morgan fingerprint density at radius 3 is 2.12 bits per heavy atom. The van der Waals surface area contributed by atoms with Gasteiger partial charge in [-0.1, -0.05) is 30.3 Å². The minimum atomic E-state index is -3.76. The highest BCUT2D eigenvalue weighted by Gasteiger charge is 2.81. The summed E-state index contributed by atoms with van der Waals surface area (Å²) in [7, 11) is 1.57. The number of nitro groups is 1. The van der Waals surface area contributed by atoms with Crippen LogP contribution in [0, 0.1) is 10.1 Å². The van der Waals surface area contributed by atoms with Crippen LogP contribution in [0.2, 0.25) is 0 Å². The van der Waals surface area contributed by atoms with Gasteiger partial charge in [-0.05, 0) is 5.56 Å². The molecule has 0 spiro atoms. The summed E-state index contributed by atoms with van der Waals surface area (Å²) < 4.78 is 13.9. The number of cyclic esters (lactones) is 1. The second-order valence-electron chi connectivity index (χ2n) is 5.50. The van der Waals surface area contributed by atoms with E-state index in [0.29, 0.717) is 0 Å². The Kier molecular flexibility index (Phi) is 4.92. The molecule has 2 rings (SSSR count). The van der Waals surface area contributed by atoms with Crippen LogP contribution in [0.5, 0.6) is 0 Å². The number of rotatable bonds is 7. The van der Waals surface area contributed by atoms with Crippen LogP contribution in [0.25, 0.3) is 0 Å². The van der Waals surface area contributed by atoms with Gasteiger partial charge in [0.25, 0.3) is 5.60 Å². The number of methoxy groups -OCH3 is 2. The largest absolute Gasteiger partial charge is 0.505 e. The molecule has 1 heterocycles. The highest BCUT2D eigenvalue weighted by atomic mass is 16.8. The zero-order chi connectivity index (χ0) is 19.8. The average Bonchev–Trinajstić information content (AvgIpc) is 2.85. The summed E-state index contributed by atoms with van der Waals surface area (Å²) in [5.74, 6) is -7.59. The molecule has 1 aliphatic rings. The maximum absolute atomic E-state index is 11.8. The van der Waals surface area contributed by atoms with Crippen molar-refractivity contribution in [1.82, 2.24) is 0 Å². The molecule has 142 valence electrons. The first-order chi connectivity index (χ1) is 12.1. The highest BCUT2D eigenvalue weighted by molar-refractivity contribution is 5.90. The van der Waals surface area contributed by atoms with E-state index in [4.69, 9.17) is 4.74 Å². The van der Waals surface area contributed by atoms with Crippen molar-refractivity contribution in [3.05, 3.63) is 57.5 Å². The van der Waals surface area contributed by atoms with Crippen LogP contribution in [0.15, 0.2) is 41.9 Å². The van der Waals surface area contributed by atoms with Crippen molar-refractivity contribution < 1.29 is 44.4 Å². The lowest BCUT2D eigenvalue weighted by molar-refractivity contribution is -0.711. The van der Waals surface area contributed by atoms with Gasteiger partial charge in [0, 0.05) is 20.6 Å². The normalized spacial score (nSPS) is 22.8. The minimum absolute atomic E-state index is 0.261. The number of ether oxygens (including phenoxy) is 3. The maximum atomic E-state index is 11.8. The molecule has 0 saturated carbocycles. The summed E-state index contributed by atoms with van der Waals surface area (Å²) in [5, 5.41) is 52.9. The Labute approximate surface area is 146 Å². The van der Waals surface area contributed by atoms with Gasteiger partial charge in [-0.3, -0.25) is 10.1 Å². The Balaban J connectivity index is 2.78. The molecule has 1 aromatic carbocycles. The number of hydrogen-bond donors (Lipinski definition) is 4. The lowest BCUT2D eigenvalue weighted by Crippen LogP contribution is -2.74. The summed E-state index contributed by atoms with van der Waals surface area (Å²) in [5.41, 5.74) is -6.44. The van der Waals surface area contributed by atoms with Gasteiger partial charge >= 0.3 is 17.7 Å². The van der Waals surface area contributed by atoms with E-state index in [2.05, 4.69) is 9.47 Å². The van der Waals surface area contributed by atoms with Crippen molar-refractivity contribution in [2.24, 2.45) is 0 Å². The topological polar surface area (TPSA) is 169 Å². The van der Waals surface area contributed by atoms with Gasteiger partial charge in [-0.25, -0.2) is 4.79 Å². The van der Waals surface area contributed by atoms with Gasteiger partial charge in [0.2, 0.25) is 5.76 Å². The standard InChI is InChI=1S/C15H17NO10/c1-24-15(21,25-2)14(20,16(22)23)13(8-9-6-4-3-5-7-9)11(18)10(17)12(19)26-13/h3-7,17-18,20-21H,8H2,1-2H3/t13-,14+/m0/s1. The van der Waals surface area contributed by atoms with Gasteiger partial charge in [0.15, 0.2) is 5.76 Å². The lowest BCUT2D eigenvalue weighted by atomic mass is 9.81. The molecule has 0 bridgehead atoms. The smallest absolute Gasteiger partial charge is 0.451 e. The van der Waals surface area contributed by atoms with Gasteiger partial charge < -0.3 is 34.6 Å². The molecule has 0 aromatic heterocycles. The number of carbonyl (C=O) groups is 1. The van der Waals surface area contributed by atoms with Crippen molar-refractivity contribution in [3.8, 4) is 0 Å². The van der Waals surface area contributed by atoms with Crippen molar-refractivity contribution in [3.63, 3.8) is 0 Å². The first-order valence-electron chi connectivity index (χ1n) is 7.19. The number of esters is 1. The van der Waals surface area contributed by atoms with Crippen LogP contribution >= 0.6 is 0 Å². The van der Waals surface area contributed by atoms with E-state index >= 15 is 0 Å². The average molecular weight is 371 g/mol. The molecule has 0 unspecified atom stereocenters. The van der Waals surface area contributed by atoms with Crippen LogP contribution in [-0.2, 0) is 25.4 Å². The zero-order valence-corrected chi connectivity index (χ0v) is 13.8. The second-order valence-corrected chi connectivity index (χ2v) is 5.50. The van der Waals surface area contributed by atoms with Gasteiger partial charge in [-0.15, -0.1) is 0 Å². The third-order valence-corrected chi connectivity index (χ3v) is 4.18. The molecule has 0 amide bonds. The van der Waals surface area contributed by atoms with Gasteiger partial charge in [0.1, 0.15) is 0 Å². The first kappa shape index (κ1) is 19.6. The SMILES string of the molecule is COC(O)(OC)[C@@](O)([N+](=O)[O-])[C@@]1(Cc2ccccc2)OC(=O)C(O)=C1O. The molecule has 0 aliphatic carbocycles. The van der Waals surface area contributed by atoms with E-state index in [9.17, 15) is 35.3 Å². The molecular weight excluding hydrogens is 354 g/mol. The maximum Gasteiger partial charge on any atom is 0.451 e. The molecule has 2 atom stereocenters. The van der Waals surface area contributed by atoms with E-state index in [1.165, 1.54) is 12.1 Å². The van der Waals surface area contributed by atoms with Crippen molar-refractivity contribution >= 4 is 5.97 Å². The molecule has 0 radical (unpaired) electrons. The van der Waals surface area contributed by atoms with Crippen LogP contribution < -0.4 is 0 Å². The third-order valence-electron chi connectivity index (χ3n) is 4.18. The Bertz CT molecular complexity index is 744. The second kappa shape index (κ2) is 6.53. The summed E-state index contributed by atoms with van der Waals surface area (Å²) in [6, 6.07) is 7.63. The fourth-order valence-corrected chi connectivity index (χ4v) is 2.79. The van der Waals surface area contributed by atoms with E-state index in [1.807, 2.05) is 0 Å². The molecule has 1 aromatic rings. The van der Waals surface area contributed by atoms with E-state index in [-0.39, 0.29) is 5.56 Å². The minimum Gasteiger partial charge on any atom is -0.505 e. The van der Waals surface area contributed by atoms with E-state index < -0.39 is 46.1 Å². The molecule has 11 nitrogen and oxygen atoms in total. The number of nitrogens with zero attached hydrogens (tertiary/aromatic N) is 1. The fraction of sp³-hybridized carbons (Fsp3) is 0.400. The fourth-order valence-electron chi connectivity index (χ4n) is 2.79. The van der Waals surface area contributed by atoms with Crippen LogP contribution in [0.4, 0.5) is 0 Å². The summed E-state index contributed by atoms with van der Waals surface area (Å²) in [4.78, 5) is 22.1. The summed E-state index contributed by atoms with van der Waals surface area (Å²) in [6.07, 6.45) is -0.692. The Morgan fingerprint density at radius 1 is 1.19 bits per heavy atom. The molecule has 4 N–H and O–H groups in total. The van der Waals surface area contributed by atoms with Gasteiger partial charge in [-0.2, -0.15) is 0 Å². The Hall–Kier alpha value is -2.73. The number of benzene rings is 1.